The molecular formula is C29H38Cl2N2O. The number of rotatable bonds is 12. The summed E-state index contributed by atoms with van der Waals surface area (Å²) in [6.07, 6.45) is 8.22. The molecule has 2 aromatic carbocycles. The Bertz CT molecular complexity index is 941. The summed E-state index contributed by atoms with van der Waals surface area (Å²) in [4.78, 5) is 14.9. The Morgan fingerprint density at radius 3 is 2.09 bits per heavy atom. The molecule has 2 atom stereocenters. The van der Waals surface area contributed by atoms with Crippen LogP contribution in [0.15, 0.2) is 54.2 Å². The molecule has 0 spiro atoms. The SMILES string of the molecule is CC/C=C(\C(NC)C1Cc2ccccc2C1)N(Cc1c(Cl)cccc1Cl)C(C=O)C(CC)CC. The van der Waals surface area contributed by atoms with Gasteiger partial charge >= 0.3 is 0 Å². The molecule has 5 heteroatoms. The monoisotopic (exact) mass is 500 g/mol. The fourth-order valence-electron chi connectivity index (χ4n) is 5.52. The summed E-state index contributed by atoms with van der Waals surface area (Å²) < 4.78 is 0. The third-order valence-corrected chi connectivity index (χ3v) is 8.06. The molecule has 3 rings (SSSR count). The maximum atomic E-state index is 12.6. The summed E-state index contributed by atoms with van der Waals surface area (Å²) in [6, 6.07) is 14.2. The van der Waals surface area contributed by atoms with Crippen LogP contribution in [0.25, 0.3) is 0 Å². The number of nitrogens with zero attached hydrogens (tertiary/aromatic N) is 1. The van der Waals surface area contributed by atoms with E-state index < -0.39 is 0 Å². The number of fused-ring (bicyclic) bond motifs is 1. The first kappa shape index (κ1) is 26.8. The molecule has 34 heavy (non-hydrogen) atoms. The lowest BCUT2D eigenvalue weighted by atomic mass is 9.88. The zero-order valence-electron chi connectivity index (χ0n) is 20.9. The molecule has 184 valence electrons. The fraction of sp³-hybridized carbons (Fsp3) is 0.483. The topological polar surface area (TPSA) is 32.3 Å². The van der Waals surface area contributed by atoms with Gasteiger partial charge in [0.2, 0.25) is 0 Å². The molecule has 0 saturated carbocycles. The maximum absolute atomic E-state index is 12.6. The van der Waals surface area contributed by atoms with E-state index in [0.717, 1.165) is 44.0 Å². The van der Waals surface area contributed by atoms with Gasteiger partial charge in [-0.1, -0.05) is 93.2 Å². The van der Waals surface area contributed by atoms with Gasteiger partial charge in [-0.15, -0.1) is 0 Å². The third kappa shape index (κ3) is 5.87. The zero-order chi connectivity index (χ0) is 24.7. The average molecular weight is 502 g/mol. The Balaban J connectivity index is 2.06. The number of hydrogen-bond acceptors (Lipinski definition) is 3. The van der Waals surface area contributed by atoms with Crippen LogP contribution in [0.5, 0.6) is 0 Å². The van der Waals surface area contributed by atoms with E-state index in [0.29, 0.717) is 22.5 Å². The molecule has 0 radical (unpaired) electrons. The van der Waals surface area contributed by atoms with Crippen LogP contribution in [0.4, 0.5) is 0 Å². The predicted molar refractivity (Wildman–Crippen MR) is 144 cm³/mol. The van der Waals surface area contributed by atoms with Crippen LogP contribution >= 0.6 is 23.2 Å². The highest BCUT2D eigenvalue weighted by molar-refractivity contribution is 6.35. The molecular weight excluding hydrogens is 463 g/mol. The van der Waals surface area contributed by atoms with E-state index in [-0.39, 0.29) is 18.0 Å². The molecule has 2 unspecified atom stereocenters. The Hall–Kier alpha value is -1.81. The second-order valence-corrected chi connectivity index (χ2v) is 10.1. The minimum Gasteiger partial charge on any atom is -0.359 e. The van der Waals surface area contributed by atoms with Crippen molar-refractivity contribution in [3.63, 3.8) is 0 Å². The first-order valence-corrected chi connectivity index (χ1v) is 13.3. The molecule has 0 saturated heterocycles. The first-order chi connectivity index (χ1) is 16.5. The Labute approximate surface area is 215 Å². The van der Waals surface area contributed by atoms with E-state index in [1.54, 1.807) is 0 Å². The summed E-state index contributed by atoms with van der Waals surface area (Å²) in [5, 5.41) is 4.89. The van der Waals surface area contributed by atoms with Crippen LogP contribution in [-0.4, -0.2) is 30.3 Å². The third-order valence-electron chi connectivity index (χ3n) is 7.35. The van der Waals surface area contributed by atoms with Crippen molar-refractivity contribution in [3.8, 4) is 0 Å². The first-order valence-electron chi connectivity index (χ1n) is 12.6. The van der Waals surface area contributed by atoms with Gasteiger partial charge < -0.3 is 15.0 Å². The number of benzene rings is 2. The Kier molecular flexibility index (Phi) is 10.1. The van der Waals surface area contributed by atoms with Gasteiger partial charge in [0.15, 0.2) is 0 Å². The molecule has 1 aliphatic carbocycles. The van der Waals surface area contributed by atoms with Gasteiger partial charge in [-0.2, -0.15) is 0 Å². The standard InChI is InChI=1S/C29H38Cl2N2O/c1-5-11-27(29(32-4)23-16-21-12-8-9-13-22(21)17-23)33(28(19-34)20(6-2)7-3)18-24-25(30)14-10-15-26(24)31/h8-15,19-20,23,28-29,32H,5-7,16-18H2,1-4H3/b27-11+. The van der Waals surface area contributed by atoms with E-state index in [2.05, 4.69) is 61.3 Å². The molecule has 0 amide bonds. The summed E-state index contributed by atoms with van der Waals surface area (Å²) >= 11 is 13.2. The number of allylic oxidation sites excluding steroid dienone is 1. The molecule has 1 aliphatic rings. The van der Waals surface area contributed by atoms with E-state index >= 15 is 0 Å². The van der Waals surface area contributed by atoms with Crippen molar-refractivity contribution < 1.29 is 4.79 Å². The molecule has 2 aromatic rings. The lowest BCUT2D eigenvalue weighted by Gasteiger charge is -2.41. The maximum Gasteiger partial charge on any atom is 0.142 e. The smallest absolute Gasteiger partial charge is 0.142 e. The minimum atomic E-state index is -0.250. The summed E-state index contributed by atoms with van der Waals surface area (Å²) in [7, 11) is 2.03. The van der Waals surface area contributed by atoms with Crippen LogP contribution in [0.1, 0.15) is 56.7 Å². The van der Waals surface area contributed by atoms with Crippen LogP contribution in [0.3, 0.4) is 0 Å². The average Bonchev–Trinajstić information content (AvgIpc) is 3.27. The number of nitrogens with one attached hydrogen (secondary N) is 1. The summed E-state index contributed by atoms with van der Waals surface area (Å²) in [5.74, 6) is 0.663. The molecule has 3 nitrogen and oxygen atoms in total. The highest BCUT2D eigenvalue weighted by atomic mass is 35.5. The number of carbonyl (C=O) groups excluding carboxylic acids is 1. The van der Waals surface area contributed by atoms with E-state index in [9.17, 15) is 4.79 Å². The largest absolute Gasteiger partial charge is 0.359 e. The van der Waals surface area contributed by atoms with Crippen molar-refractivity contribution in [2.75, 3.05) is 7.05 Å². The quantitative estimate of drug-likeness (QED) is 0.315. The van der Waals surface area contributed by atoms with Crippen molar-refractivity contribution in [2.24, 2.45) is 11.8 Å². The van der Waals surface area contributed by atoms with Crippen molar-refractivity contribution in [1.29, 1.82) is 0 Å². The van der Waals surface area contributed by atoms with Gasteiger partial charge in [-0.25, -0.2) is 0 Å². The molecule has 1 N–H and O–H groups in total. The van der Waals surface area contributed by atoms with Crippen molar-refractivity contribution in [2.45, 2.75) is 71.5 Å². The molecule has 0 aromatic heterocycles. The van der Waals surface area contributed by atoms with Crippen LogP contribution < -0.4 is 5.32 Å². The van der Waals surface area contributed by atoms with Crippen molar-refractivity contribution >= 4 is 29.5 Å². The highest BCUT2D eigenvalue weighted by Crippen LogP contribution is 2.36. The highest BCUT2D eigenvalue weighted by Gasteiger charge is 2.36. The van der Waals surface area contributed by atoms with Crippen LogP contribution in [0, 0.1) is 11.8 Å². The zero-order valence-corrected chi connectivity index (χ0v) is 22.4. The van der Waals surface area contributed by atoms with Gasteiger partial charge in [-0.3, -0.25) is 0 Å². The number of aldehydes is 1. The molecule has 0 bridgehead atoms. The van der Waals surface area contributed by atoms with Gasteiger partial charge in [0, 0.05) is 27.9 Å². The normalized spacial score (nSPS) is 15.9. The van der Waals surface area contributed by atoms with Crippen LogP contribution in [-0.2, 0) is 24.2 Å². The minimum absolute atomic E-state index is 0.116. The van der Waals surface area contributed by atoms with E-state index in [1.807, 2.05) is 25.2 Å². The molecule has 0 aliphatic heterocycles. The van der Waals surface area contributed by atoms with Gasteiger partial charge in [-0.05, 0) is 61.4 Å². The number of carbonyl (C=O) groups is 1. The van der Waals surface area contributed by atoms with Gasteiger partial charge in [0.05, 0.1) is 12.1 Å². The summed E-state index contributed by atoms with van der Waals surface area (Å²) in [6.45, 7) is 6.99. The van der Waals surface area contributed by atoms with Gasteiger partial charge in [0.25, 0.3) is 0 Å². The second kappa shape index (κ2) is 12.8. The van der Waals surface area contributed by atoms with Crippen LogP contribution in [0.2, 0.25) is 10.0 Å². The van der Waals surface area contributed by atoms with Crippen molar-refractivity contribution in [3.05, 3.63) is 81.0 Å². The van der Waals surface area contributed by atoms with E-state index in [4.69, 9.17) is 23.2 Å². The fourth-order valence-corrected chi connectivity index (χ4v) is 6.04. The Morgan fingerprint density at radius 1 is 1.03 bits per heavy atom. The number of likely N-dealkylation sites (N-methyl/N-ethyl adjacent to an activating group) is 1. The van der Waals surface area contributed by atoms with E-state index in [1.165, 1.54) is 16.8 Å². The lowest BCUT2D eigenvalue weighted by Crippen LogP contribution is -2.48. The molecule has 0 fully saturated rings. The lowest BCUT2D eigenvalue weighted by molar-refractivity contribution is -0.114. The number of halogens is 2. The Morgan fingerprint density at radius 2 is 1.62 bits per heavy atom. The number of hydrogen-bond donors (Lipinski definition) is 1. The van der Waals surface area contributed by atoms with Gasteiger partial charge in [0.1, 0.15) is 6.29 Å². The summed E-state index contributed by atoms with van der Waals surface area (Å²) in [5.41, 5.74) is 4.89. The predicted octanol–water partition coefficient (Wildman–Crippen LogP) is 7.10. The van der Waals surface area contributed by atoms with Crippen molar-refractivity contribution in [1.82, 2.24) is 10.2 Å². The molecule has 0 heterocycles. The second-order valence-electron chi connectivity index (χ2n) is 9.27.